The minimum atomic E-state index is -0.428. The number of furan rings is 1. The molecule has 0 radical (unpaired) electrons. The van der Waals surface area contributed by atoms with E-state index in [2.05, 4.69) is 15.4 Å². The van der Waals surface area contributed by atoms with E-state index in [1.54, 1.807) is 35.3 Å². The van der Waals surface area contributed by atoms with E-state index in [1.165, 1.54) is 5.56 Å². The number of rotatable bonds is 7. The lowest BCUT2D eigenvalue weighted by Gasteiger charge is -2.06. The predicted octanol–water partition coefficient (Wildman–Crippen LogP) is 5.02. The van der Waals surface area contributed by atoms with Gasteiger partial charge in [0.25, 0.3) is 5.91 Å². The van der Waals surface area contributed by atoms with Crippen LogP contribution >= 0.6 is 11.6 Å². The van der Waals surface area contributed by atoms with Gasteiger partial charge in [0.2, 0.25) is 5.95 Å². The summed E-state index contributed by atoms with van der Waals surface area (Å²) in [4.78, 5) is 16.6. The molecule has 0 unspecified atom stereocenters. The minimum absolute atomic E-state index is 0.154. The number of amides is 1. The van der Waals surface area contributed by atoms with Gasteiger partial charge in [-0.2, -0.15) is 0 Å². The molecule has 4 aromatic rings. The molecule has 1 amide bonds. The Morgan fingerprint density at radius 3 is 2.77 bits per heavy atom. The molecule has 2 aromatic carbocycles. The van der Waals surface area contributed by atoms with Gasteiger partial charge in [-0.25, -0.2) is 9.67 Å². The van der Waals surface area contributed by atoms with Crippen LogP contribution in [0.1, 0.15) is 33.0 Å². The van der Waals surface area contributed by atoms with Gasteiger partial charge in [-0.1, -0.05) is 35.9 Å². The number of benzene rings is 2. The summed E-state index contributed by atoms with van der Waals surface area (Å²) in [5, 5.41) is 7.64. The fourth-order valence-electron chi connectivity index (χ4n) is 2.99. The SMILES string of the molecule is Cc1cc(OCc2ccc(C(=O)Nc3ncn(Cc4ccccc4C)n3)o2)ccc1Cl. The number of hydrogen-bond donors (Lipinski definition) is 1. The van der Waals surface area contributed by atoms with Gasteiger partial charge in [0.1, 0.15) is 24.4 Å². The summed E-state index contributed by atoms with van der Waals surface area (Å²) in [6.07, 6.45) is 1.58. The number of aromatic nitrogens is 3. The Bertz CT molecular complexity index is 1220. The van der Waals surface area contributed by atoms with Gasteiger partial charge in [0.15, 0.2) is 5.76 Å². The number of anilines is 1. The topological polar surface area (TPSA) is 82.2 Å². The zero-order chi connectivity index (χ0) is 21.8. The fourth-order valence-corrected chi connectivity index (χ4v) is 3.11. The second kappa shape index (κ2) is 9.06. The van der Waals surface area contributed by atoms with Crippen LogP contribution in [0.5, 0.6) is 5.75 Å². The molecule has 0 atom stereocenters. The largest absolute Gasteiger partial charge is 0.486 e. The first-order valence-corrected chi connectivity index (χ1v) is 10.1. The Hall–Kier alpha value is -3.58. The highest BCUT2D eigenvalue weighted by Gasteiger charge is 2.14. The summed E-state index contributed by atoms with van der Waals surface area (Å²) in [6, 6.07) is 16.7. The lowest BCUT2D eigenvalue weighted by atomic mass is 10.1. The smallest absolute Gasteiger partial charge is 0.293 e. The Morgan fingerprint density at radius 1 is 1.13 bits per heavy atom. The van der Waals surface area contributed by atoms with Gasteiger partial charge in [-0.3, -0.25) is 10.1 Å². The molecular formula is C23H21ClN4O3. The molecule has 31 heavy (non-hydrogen) atoms. The van der Waals surface area contributed by atoms with Crippen molar-refractivity contribution in [2.75, 3.05) is 5.32 Å². The second-order valence-corrected chi connectivity index (χ2v) is 7.52. The van der Waals surface area contributed by atoms with E-state index in [0.29, 0.717) is 23.1 Å². The van der Waals surface area contributed by atoms with E-state index in [-0.39, 0.29) is 18.3 Å². The molecule has 4 rings (SSSR count). The third-order valence-electron chi connectivity index (χ3n) is 4.75. The lowest BCUT2D eigenvalue weighted by Crippen LogP contribution is -2.12. The highest BCUT2D eigenvalue weighted by Crippen LogP contribution is 2.22. The van der Waals surface area contributed by atoms with Crippen LogP contribution in [-0.2, 0) is 13.2 Å². The van der Waals surface area contributed by atoms with Crippen molar-refractivity contribution in [1.82, 2.24) is 14.8 Å². The van der Waals surface area contributed by atoms with Crippen molar-refractivity contribution in [2.24, 2.45) is 0 Å². The molecule has 0 saturated carbocycles. The van der Waals surface area contributed by atoms with Gasteiger partial charge in [0, 0.05) is 5.02 Å². The summed E-state index contributed by atoms with van der Waals surface area (Å²) in [5.41, 5.74) is 3.23. The van der Waals surface area contributed by atoms with Gasteiger partial charge in [0.05, 0.1) is 6.54 Å². The number of aryl methyl sites for hydroxylation is 2. The maximum absolute atomic E-state index is 12.5. The number of halogens is 1. The lowest BCUT2D eigenvalue weighted by molar-refractivity contribution is 0.0991. The summed E-state index contributed by atoms with van der Waals surface area (Å²) in [5.74, 6) is 1.14. The highest BCUT2D eigenvalue weighted by atomic mass is 35.5. The predicted molar refractivity (Wildman–Crippen MR) is 117 cm³/mol. The van der Waals surface area contributed by atoms with Crippen LogP contribution in [0.15, 0.2) is 65.3 Å². The molecule has 0 fully saturated rings. The van der Waals surface area contributed by atoms with Crippen molar-refractivity contribution in [1.29, 1.82) is 0 Å². The molecule has 0 saturated heterocycles. The van der Waals surface area contributed by atoms with Gasteiger partial charge < -0.3 is 9.15 Å². The van der Waals surface area contributed by atoms with Crippen molar-refractivity contribution in [3.8, 4) is 5.75 Å². The zero-order valence-electron chi connectivity index (χ0n) is 17.1. The van der Waals surface area contributed by atoms with Gasteiger partial charge in [-0.15, -0.1) is 5.10 Å². The molecule has 7 nitrogen and oxygen atoms in total. The molecule has 0 aliphatic carbocycles. The van der Waals surface area contributed by atoms with Crippen molar-refractivity contribution >= 4 is 23.5 Å². The maximum atomic E-state index is 12.5. The van der Waals surface area contributed by atoms with E-state index in [0.717, 1.165) is 11.1 Å². The summed E-state index contributed by atoms with van der Waals surface area (Å²) < 4.78 is 13.0. The molecule has 0 aliphatic heterocycles. The summed E-state index contributed by atoms with van der Waals surface area (Å²) in [7, 11) is 0. The van der Waals surface area contributed by atoms with Gasteiger partial charge >= 0.3 is 0 Å². The van der Waals surface area contributed by atoms with Crippen LogP contribution in [0.2, 0.25) is 5.02 Å². The quantitative estimate of drug-likeness (QED) is 0.439. The molecule has 2 heterocycles. The number of hydrogen-bond acceptors (Lipinski definition) is 5. The Kier molecular flexibility index (Phi) is 6.04. The van der Waals surface area contributed by atoms with Crippen LogP contribution < -0.4 is 10.1 Å². The molecule has 0 bridgehead atoms. The van der Waals surface area contributed by atoms with Crippen molar-refractivity contribution < 1.29 is 13.9 Å². The number of nitrogens with zero attached hydrogens (tertiary/aromatic N) is 3. The zero-order valence-corrected chi connectivity index (χ0v) is 17.9. The molecular weight excluding hydrogens is 416 g/mol. The third-order valence-corrected chi connectivity index (χ3v) is 5.18. The molecule has 1 N–H and O–H groups in total. The normalized spacial score (nSPS) is 10.8. The van der Waals surface area contributed by atoms with E-state index in [1.807, 2.05) is 44.2 Å². The van der Waals surface area contributed by atoms with E-state index >= 15 is 0 Å². The average molecular weight is 437 g/mol. The van der Waals surface area contributed by atoms with E-state index in [9.17, 15) is 4.79 Å². The van der Waals surface area contributed by atoms with Crippen LogP contribution in [0.3, 0.4) is 0 Å². The second-order valence-electron chi connectivity index (χ2n) is 7.11. The maximum Gasteiger partial charge on any atom is 0.293 e. The first kappa shape index (κ1) is 20.7. The van der Waals surface area contributed by atoms with Crippen molar-refractivity contribution in [3.63, 3.8) is 0 Å². The van der Waals surface area contributed by atoms with Crippen molar-refractivity contribution in [3.05, 3.63) is 94.2 Å². The monoisotopic (exact) mass is 436 g/mol. The van der Waals surface area contributed by atoms with E-state index < -0.39 is 5.91 Å². The molecule has 0 spiro atoms. The number of carbonyl (C=O) groups excluding carboxylic acids is 1. The molecule has 8 heteroatoms. The first-order valence-electron chi connectivity index (χ1n) is 9.71. The Morgan fingerprint density at radius 2 is 1.97 bits per heavy atom. The highest BCUT2D eigenvalue weighted by molar-refractivity contribution is 6.31. The summed E-state index contributed by atoms with van der Waals surface area (Å²) >= 11 is 6.02. The number of carbonyl (C=O) groups is 1. The third kappa shape index (κ3) is 5.13. The van der Waals surface area contributed by atoms with Crippen LogP contribution in [0.4, 0.5) is 5.95 Å². The standard InChI is InChI=1S/C23H21ClN4O3/c1-15-5-3-4-6-17(15)12-28-14-25-23(27-28)26-22(29)21-10-8-19(31-21)13-30-18-7-9-20(24)16(2)11-18/h3-11,14H,12-13H2,1-2H3,(H,26,27,29). The molecule has 2 aromatic heterocycles. The van der Waals surface area contributed by atoms with Crippen LogP contribution in [0, 0.1) is 13.8 Å². The molecule has 158 valence electrons. The number of ether oxygens (including phenoxy) is 1. The summed E-state index contributed by atoms with van der Waals surface area (Å²) in [6.45, 7) is 4.71. The minimum Gasteiger partial charge on any atom is -0.486 e. The molecule has 0 aliphatic rings. The van der Waals surface area contributed by atoms with Crippen LogP contribution in [-0.4, -0.2) is 20.7 Å². The fraction of sp³-hybridized carbons (Fsp3) is 0.174. The van der Waals surface area contributed by atoms with Crippen LogP contribution in [0.25, 0.3) is 0 Å². The number of nitrogens with one attached hydrogen (secondary N) is 1. The Labute approximate surface area is 184 Å². The van der Waals surface area contributed by atoms with Gasteiger partial charge in [-0.05, 0) is 60.9 Å². The van der Waals surface area contributed by atoms with E-state index in [4.69, 9.17) is 20.8 Å². The Balaban J connectivity index is 1.34. The average Bonchev–Trinajstić information content (AvgIpc) is 3.40. The first-order chi connectivity index (χ1) is 15.0. The van der Waals surface area contributed by atoms with Crippen molar-refractivity contribution in [2.45, 2.75) is 27.0 Å².